The van der Waals surface area contributed by atoms with Gasteiger partial charge >= 0.3 is 5.97 Å². The average Bonchev–Trinajstić information content (AvgIpc) is 3.33. The van der Waals surface area contributed by atoms with Crippen LogP contribution in [0.5, 0.6) is 0 Å². The number of aliphatic carboxylic acids is 1. The number of carboxylic acid groups (broad SMARTS) is 1. The molecule has 0 bridgehead atoms. The number of carboxylic acids is 1. The van der Waals surface area contributed by atoms with E-state index in [2.05, 4.69) is 20.9 Å². The second kappa shape index (κ2) is 13.3. The first kappa shape index (κ1) is 28.3. The average molecular weight is 526 g/mol. The quantitative estimate of drug-likeness (QED) is 0.136. The molecule has 4 atom stereocenters. The molecule has 38 heavy (non-hydrogen) atoms. The summed E-state index contributed by atoms with van der Waals surface area (Å²) in [7, 11) is 0. The number of aliphatic hydroxyl groups is 2. The van der Waals surface area contributed by atoms with Gasteiger partial charge in [0, 0.05) is 29.9 Å². The summed E-state index contributed by atoms with van der Waals surface area (Å²) in [5.41, 5.74) is 7.86. The van der Waals surface area contributed by atoms with Crippen LogP contribution in [0.2, 0.25) is 0 Å². The lowest BCUT2D eigenvalue weighted by molar-refractivity contribution is -0.143. The van der Waals surface area contributed by atoms with Crippen molar-refractivity contribution in [1.29, 1.82) is 0 Å². The number of amides is 3. The Kier molecular flexibility index (Phi) is 9.93. The van der Waals surface area contributed by atoms with Crippen molar-refractivity contribution in [2.75, 3.05) is 13.2 Å². The standard InChI is InChI=1S/C26H31N5O7/c27-18(13-32)23(34)29-21(11-16-12-28-19-9-5-4-8-17(16)19)25(36)30-20(10-15-6-2-1-3-7-15)24(35)31-22(14-33)26(37)38/h1-9,12,18,20-22,28,32-33H,10-11,13-14,27H2,(H,29,34)(H,30,36)(H,31,35)(H,37,38). The predicted octanol–water partition coefficient (Wildman–Crippen LogP) is -1.20. The van der Waals surface area contributed by atoms with Gasteiger partial charge in [-0.15, -0.1) is 0 Å². The third-order valence-corrected chi connectivity index (χ3v) is 5.98. The first-order valence-corrected chi connectivity index (χ1v) is 11.9. The van der Waals surface area contributed by atoms with Crippen molar-refractivity contribution < 1.29 is 34.5 Å². The summed E-state index contributed by atoms with van der Waals surface area (Å²) in [6, 6.07) is 10.9. The highest BCUT2D eigenvalue weighted by atomic mass is 16.4. The number of benzene rings is 2. The molecule has 202 valence electrons. The molecule has 2 aromatic carbocycles. The summed E-state index contributed by atoms with van der Waals surface area (Å²) in [5, 5.41) is 36.0. The Balaban J connectivity index is 1.87. The van der Waals surface area contributed by atoms with Crippen molar-refractivity contribution >= 4 is 34.6 Å². The fraction of sp³-hybridized carbons (Fsp3) is 0.308. The van der Waals surface area contributed by atoms with E-state index in [4.69, 9.17) is 5.73 Å². The molecule has 0 radical (unpaired) electrons. The summed E-state index contributed by atoms with van der Waals surface area (Å²) in [5.74, 6) is -3.75. The maximum atomic E-state index is 13.5. The number of carbonyl (C=O) groups is 4. The molecule has 0 saturated carbocycles. The SMILES string of the molecule is NC(CO)C(=O)NC(Cc1c[nH]c2ccccc12)C(=O)NC(Cc1ccccc1)C(=O)NC(CO)C(=O)O. The normalized spacial score (nSPS) is 14.2. The zero-order valence-electron chi connectivity index (χ0n) is 20.5. The van der Waals surface area contributed by atoms with Gasteiger partial charge in [0.2, 0.25) is 17.7 Å². The highest BCUT2D eigenvalue weighted by Crippen LogP contribution is 2.19. The van der Waals surface area contributed by atoms with E-state index in [0.717, 1.165) is 10.9 Å². The van der Waals surface area contributed by atoms with E-state index >= 15 is 0 Å². The van der Waals surface area contributed by atoms with E-state index in [0.29, 0.717) is 11.1 Å². The molecule has 0 spiro atoms. The van der Waals surface area contributed by atoms with Crippen molar-refractivity contribution in [2.45, 2.75) is 37.0 Å². The molecule has 0 saturated heterocycles. The molecule has 1 heterocycles. The first-order valence-electron chi connectivity index (χ1n) is 11.9. The smallest absolute Gasteiger partial charge is 0.328 e. The Hall–Kier alpha value is -4.26. The number of hydrogen-bond donors (Lipinski definition) is 8. The Morgan fingerprint density at radius 3 is 1.97 bits per heavy atom. The van der Waals surface area contributed by atoms with Crippen LogP contribution in [-0.4, -0.2) is 81.4 Å². The Morgan fingerprint density at radius 2 is 1.34 bits per heavy atom. The third kappa shape index (κ3) is 7.38. The number of para-hydroxylation sites is 1. The number of carbonyl (C=O) groups excluding carboxylic acids is 3. The number of nitrogens with one attached hydrogen (secondary N) is 4. The number of aliphatic hydroxyl groups excluding tert-OH is 2. The Bertz CT molecular complexity index is 1260. The third-order valence-electron chi connectivity index (χ3n) is 5.98. The number of aromatic amines is 1. The van der Waals surface area contributed by atoms with Crippen LogP contribution in [-0.2, 0) is 32.0 Å². The first-order chi connectivity index (χ1) is 18.2. The van der Waals surface area contributed by atoms with Crippen molar-refractivity contribution in [1.82, 2.24) is 20.9 Å². The van der Waals surface area contributed by atoms with Crippen LogP contribution in [0.25, 0.3) is 10.9 Å². The van der Waals surface area contributed by atoms with E-state index in [1.54, 1.807) is 36.5 Å². The van der Waals surface area contributed by atoms with E-state index in [1.165, 1.54) is 0 Å². The molecule has 0 fully saturated rings. The van der Waals surface area contributed by atoms with Gasteiger partial charge in [-0.05, 0) is 17.2 Å². The van der Waals surface area contributed by atoms with Crippen LogP contribution in [0, 0.1) is 0 Å². The van der Waals surface area contributed by atoms with Crippen LogP contribution in [0.3, 0.4) is 0 Å². The number of hydrogen-bond acceptors (Lipinski definition) is 7. The summed E-state index contributed by atoms with van der Waals surface area (Å²) in [4.78, 5) is 53.4. The largest absolute Gasteiger partial charge is 0.480 e. The Morgan fingerprint density at radius 1 is 0.763 bits per heavy atom. The molecule has 3 rings (SSSR count). The van der Waals surface area contributed by atoms with Crippen LogP contribution in [0.1, 0.15) is 11.1 Å². The number of nitrogens with two attached hydrogens (primary N) is 1. The fourth-order valence-electron chi connectivity index (χ4n) is 3.88. The predicted molar refractivity (Wildman–Crippen MR) is 138 cm³/mol. The van der Waals surface area contributed by atoms with Crippen LogP contribution in [0.4, 0.5) is 0 Å². The second-order valence-corrected chi connectivity index (χ2v) is 8.75. The summed E-state index contributed by atoms with van der Waals surface area (Å²) in [6.45, 7) is -1.48. The molecule has 3 aromatic rings. The van der Waals surface area contributed by atoms with Crippen LogP contribution in [0.15, 0.2) is 60.8 Å². The van der Waals surface area contributed by atoms with Crippen molar-refractivity contribution in [2.24, 2.45) is 5.73 Å². The number of aromatic nitrogens is 1. The zero-order chi connectivity index (χ0) is 27.7. The van der Waals surface area contributed by atoms with E-state index in [-0.39, 0.29) is 12.8 Å². The topological polar surface area (TPSA) is 207 Å². The van der Waals surface area contributed by atoms with Crippen LogP contribution >= 0.6 is 0 Å². The lowest BCUT2D eigenvalue weighted by Gasteiger charge is -2.25. The minimum atomic E-state index is -1.57. The van der Waals surface area contributed by atoms with Crippen LogP contribution < -0.4 is 21.7 Å². The van der Waals surface area contributed by atoms with Gasteiger partial charge < -0.3 is 42.0 Å². The molecular formula is C26H31N5O7. The van der Waals surface area contributed by atoms with Gasteiger partial charge in [0.05, 0.1) is 13.2 Å². The fourth-order valence-corrected chi connectivity index (χ4v) is 3.88. The minimum absolute atomic E-state index is 0.0140. The van der Waals surface area contributed by atoms with Gasteiger partial charge in [-0.2, -0.15) is 0 Å². The van der Waals surface area contributed by atoms with Crippen molar-refractivity contribution in [3.8, 4) is 0 Å². The summed E-state index contributed by atoms with van der Waals surface area (Å²) in [6.07, 6.45) is 1.75. The summed E-state index contributed by atoms with van der Waals surface area (Å²) >= 11 is 0. The second-order valence-electron chi connectivity index (χ2n) is 8.75. The number of H-pyrrole nitrogens is 1. The monoisotopic (exact) mass is 525 g/mol. The molecule has 0 aliphatic carbocycles. The van der Waals surface area contributed by atoms with Gasteiger partial charge in [-0.3, -0.25) is 14.4 Å². The molecule has 3 amide bonds. The minimum Gasteiger partial charge on any atom is -0.480 e. The Labute approximate surface area is 218 Å². The van der Waals surface area contributed by atoms with Gasteiger partial charge in [-0.1, -0.05) is 48.5 Å². The number of rotatable bonds is 13. The van der Waals surface area contributed by atoms with E-state index in [9.17, 15) is 34.5 Å². The van der Waals surface area contributed by atoms with Crippen molar-refractivity contribution in [3.63, 3.8) is 0 Å². The van der Waals surface area contributed by atoms with Gasteiger partial charge in [0.15, 0.2) is 0 Å². The lowest BCUT2D eigenvalue weighted by atomic mass is 10.0. The molecule has 12 nitrogen and oxygen atoms in total. The lowest BCUT2D eigenvalue weighted by Crippen LogP contribution is -2.58. The van der Waals surface area contributed by atoms with Crippen molar-refractivity contribution in [3.05, 3.63) is 71.9 Å². The van der Waals surface area contributed by atoms with Gasteiger partial charge in [0.25, 0.3) is 0 Å². The zero-order valence-corrected chi connectivity index (χ0v) is 20.5. The molecule has 1 aromatic heterocycles. The highest BCUT2D eigenvalue weighted by molar-refractivity contribution is 5.95. The molecule has 0 aliphatic rings. The highest BCUT2D eigenvalue weighted by Gasteiger charge is 2.31. The molecule has 4 unspecified atom stereocenters. The molecule has 12 heteroatoms. The maximum absolute atomic E-state index is 13.5. The van der Waals surface area contributed by atoms with Gasteiger partial charge in [0.1, 0.15) is 24.2 Å². The molecular weight excluding hydrogens is 494 g/mol. The maximum Gasteiger partial charge on any atom is 0.328 e. The van der Waals surface area contributed by atoms with Gasteiger partial charge in [-0.25, -0.2) is 4.79 Å². The van der Waals surface area contributed by atoms with E-state index < -0.39 is 61.1 Å². The van der Waals surface area contributed by atoms with E-state index in [1.807, 2.05) is 24.3 Å². The number of fused-ring (bicyclic) bond motifs is 1. The summed E-state index contributed by atoms with van der Waals surface area (Å²) < 4.78 is 0. The molecule has 0 aliphatic heterocycles. The molecule has 9 N–H and O–H groups in total.